The van der Waals surface area contributed by atoms with Crippen molar-refractivity contribution >= 4 is 0 Å². The number of hydrogen-bond acceptors (Lipinski definition) is 3. The van der Waals surface area contributed by atoms with Gasteiger partial charge in [0, 0.05) is 0 Å². The van der Waals surface area contributed by atoms with Crippen LogP contribution in [0.2, 0.25) is 0 Å². The first-order chi connectivity index (χ1) is 9.21. The van der Waals surface area contributed by atoms with Crippen LogP contribution in [0.15, 0.2) is 0 Å². The number of hydrogen-bond donors (Lipinski definition) is 0. The Balaban J connectivity index is 2.86. The minimum atomic E-state index is -1.14. The second kappa shape index (κ2) is 6.13. The van der Waals surface area contributed by atoms with Gasteiger partial charge in [0.05, 0.1) is 23.9 Å². The molecule has 1 aliphatic heterocycles. The molecule has 1 heterocycles. The second-order valence-corrected chi connectivity index (χ2v) is 9.02. The highest BCUT2D eigenvalue weighted by atomic mass is 19.1. The Morgan fingerprint density at radius 3 is 1.81 bits per heavy atom. The van der Waals surface area contributed by atoms with Crippen molar-refractivity contribution in [1.82, 2.24) is 0 Å². The lowest BCUT2D eigenvalue weighted by molar-refractivity contribution is -0.135. The molecule has 21 heavy (non-hydrogen) atoms. The maximum atomic E-state index is 14.8. The van der Waals surface area contributed by atoms with Gasteiger partial charge in [-0.2, -0.15) is 0 Å². The van der Waals surface area contributed by atoms with E-state index in [2.05, 4.69) is 0 Å². The van der Waals surface area contributed by atoms with Gasteiger partial charge in [0.1, 0.15) is 12.2 Å². The Morgan fingerprint density at radius 2 is 1.43 bits per heavy atom. The van der Waals surface area contributed by atoms with Crippen molar-refractivity contribution in [1.29, 1.82) is 0 Å². The molecule has 0 spiro atoms. The molecule has 0 aliphatic carbocycles. The maximum Gasteiger partial charge on any atom is 0.155 e. The van der Waals surface area contributed by atoms with Crippen molar-refractivity contribution in [3.05, 3.63) is 0 Å². The summed E-state index contributed by atoms with van der Waals surface area (Å²) < 4.78 is 32.5. The summed E-state index contributed by atoms with van der Waals surface area (Å²) in [6.45, 7) is 18.1. The van der Waals surface area contributed by atoms with Crippen LogP contribution in [0.4, 0.5) is 4.39 Å². The normalized spacial score (nSPS) is 31.7. The Bertz CT molecular complexity index is 335. The largest absolute Gasteiger partial charge is 0.373 e. The molecule has 0 N–H and O–H groups in total. The Morgan fingerprint density at radius 1 is 0.905 bits per heavy atom. The molecule has 0 aromatic carbocycles. The molecule has 4 heteroatoms. The van der Waals surface area contributed by atoms with Gasteiger partial charge in [0.25, 0.3) is 0 Å². The minimum absolute atomic E-state index is 0.268. The molecule has 0 radical (unpaired) electrons. The summed E-state index contributed by atoms with van der Waals surface area (Å²) >= 11 is 0. The van der Waals surface area contributed by atoms with Crippen LogP contribution in [0.25, 0.3) is 0 Å². The van der Waals surface area contributed by atoms with Crippen LogP contribution >= 0.6 is 0 Å². The lowest BCUT2D eigenvalue weighted by atomic mass is 9.86. The zero-order valence-corrected chi connectivity index (χ0v) is 15.1. The third-order valence-corrected chi connectivity index (χ3v) is 3.31. The van der Waals surface area contributed by atoms with E-state index < -0.39 is 24.0 Å². The van der Waals surface area contributed by atoms with Crippen molar-refractivity contribution < 1.29 is 18.6 Å². The Hall–Kier alpha value is -0.190. The van der Waals surface area contributed by atoms with Crippen LogP contribution in [0.1, 0.15) is 62.3 Å². The smallest absolute Gasteiger partial charge is 0.155 e. The minimum Gasteiger partial charge on any atom is -0.373 e. The van der Waals surface area contributed by atoms with Gasteiger partial charge in [-0.1, -0.05) is 20.8 Å². The first-order valence-electron chi connectivity index (χ1n) is 7.82. The zero-order chi connectivity index (χ0) is 16.6. The van der Waals surface area contributed by atoms with Crippen molar-refractivity contribution in [2.24, 2.45) is 5.41 Å². The van der Waals surface area contributed by atoms with Crippen molar-refractivity contribution in [3.63, 3.8) is 0 Å². The van der Waals surface area contributed by atoms with Crippen LogP contribution in [0.3, 0.4) is 0 Å². The molecular weight excluding hydrogens is 271 g/mol. The molecule has 1 rings (SSSR count). The molecule has 0 saturated carbocycles. The average Bonchev–Trinajstić information content (AvgIpc) is 2.50. The lowest BCUT2D eigenvalue weighted by Gasteiger charge is -2.30. The first kappa shape index (κ1) is 18.9. The van der Waals surface area contributed by atoms with Gasteiger partial charge in [0.2, 0.25) is 0 Å². The van der Waals surface area contributed by atoms with Crippen molar-refractivity contribution in [2.45, 2.75) is 98.0 Å². The molecule has 0 aromatic rings. The van der Waals surface area contributed by atoms with Crippen LogP contribution in [0.5, 0.6) is 0 Å². The molecule has 0 aromatic heterocycles. The van der Waals surface area contributed by atoms with E-state index in [0.717, 1.165) is 0 Å². The van der Waals surface area contributed by atoms with E-state index in [-0.39, 0.29) is 17.1 Å². The average molecular weight is 304 g/mol. The van der Waals surface area contributed by atoms with E-state index in [1.54, 1.807) is 0 Å². The molecule has 0 amide bonds. The van der Waals surface area contributed by atoms with E-state index in [0.29, 0.717) is 6.61 Å². The van der Waals surface area contributed by atoms with Crippen LogP contribution in [-0.2, 0) is 14.2 Å². The monoisotopic (exact) mass is 304 g/mol. The molecule has 126 valence electrons. The zero-order valence-electron chi connectivity index (χ0n) is 15.1. The Labute approximate surface area is 129 Å². The van der Waals surface area contributed by atoms with E-state index >= 15 is 0 Å². The van der Waals surface area contributed by atoms with E-state index in [1.807, 2.05) is 62.3 Å². The van der Waals surface area contributed by atoms with Gasteiger partial charge >= 0.3 is 0 Å². The fourth-order valence-electron chi connectivity index (χ4n) is 2.42. The van der Waals surface area contributed by atoms with E-state index in [9.17, 15) is 4.39 Å². The highest BCUT2D eigenvalue weighted by Crippen LogP contribution is 2.38. The fourth-order valence-corrected chi connectivity index (χ4v) is 2.42. The van der Waals surface area contributed by atoms with Crippen LogP contribution < -0.4 is 0 Å². The van der Waals surface area contributed by atoms with Gasteiger partial charge in [0.15, 0.2) is 6.17 Å². The van der Waals surface area contributed by atoms with Crippen LogP contribution in [-0.4, -0.2) is 42.3 Å². The third kappa shape index (κ3) is 5.84. The summed E-state index contributed by atoms with van der Waals surface area (Å²) in [5, 5.41) is 0. The van der Waals surface area contributed by atoms with E-state index in [4.69, 9.17) is 14.2 Å². The maximum absolute atomic E-state index is 14.8. The van der Waals surface area contributed by atoms with Gasteiger partial charge in [-0.25, -0.2) is 4.39 Å². The van der Waals surface area contributed by atoms with Crippen LogP contribution in [0, 0.1) is 5.41 Å². The molecule has 1 saturated heterocycles. The predicted molar refractivity (Wildman–Crippen MR) is 83.3 cm³/mol. The number of ether oxygens (including phenoxy) is 3. The first-order valence-corrected chi connectivity index (χ1v) is 7.82. The molecule has 1 unspecified atom stereocenters. The molecule has 1 fully saturated rings. The molecule has 4 atom stereocenters. The highest BCUT2D eigenvalue weighted by molar-refractivity contribution is 4.98. The number of alkyl halides is 1. The quantitative estimate of drug-likeness (QED) is 0.784. The highest BCUT2D eigenvalue weighted by Gasteiger charge is 2.51. The number of rotatable bonds is 3. The molecule has 3 nitrogen and oxygen atoms in total. The van der Waals surface area contributed by atoms with E-state index in [1.165, 1.54) is 0 Å². The summed E-state index contributed by atoms with van der Waals surface area (Å²) in [6.07, 6.45) is -2.57. The fraction of sp³-hybridized carbons (Fsp3) is 1.00. The van der Waals surface area contributed by atoms with Gasteiger partial charge in [-0.05, 0) is 47.0 Å². The molecule has 0 bridgehead atoms. The summed E-state index contributed by atoms with van der Waals surface area (Å²) in [6, 6.07) is 0. The number of halogens is 1. The van der Waals surface area contributed by atoms with Gasteiger partial charge in [-0.15, -0.1) is 0 Å². The van der Waals surface area contributed by atoms with Gasteiger partial charge in [-0.3, -0.25) is 0 Å². The third-order valence-electron chi connectivity index (χ3n) is 3.31. The van der Waals surface area contributed by atoms with Crippen molar-refractivity contribution in [3.8, 4) is 0 Å². The predicted octanol–water partition coefficient (Wildman–Crippen LogP) is 4.14. The topological polar surface area (TPSA) is 27.7 Å². The summed E-state index contributed by atoms with van der Waals surface area (Å²) in [5.74, 6) is 0. The summed E-state index contributed by atoms with van der Waals surface area (Å²) in [4.78, 5) is 0. The molecule has 1 aliphatic rings. The lowest BCUT2D eigenvalue weighted by Crippen LogP contribution is -2.42. The SMILES string of the molecule is CC(C)(C)OC[C@H]1O[C@@H](C(C)(C)C)[C@@H](F)C1OC(C)(C)C. The van der Waals surface area contributed by atoms with Crippen molar-refractivity contribution in [2.75, 3.05) is 6.61 Å². The second-order valence-electron chi connectivity index (χ2n) is 9.02. The standard InChI is InChI=1S/C17H33FO3/c1-15(2,3)14-12(18)13(21-17(7,8)9)11(20-14)10-19-16(4,5)6/h11-14H,10H2,1-9H3/t11-,12+,13?,14-/m1/s1. The summed E-state index contributed by atoms with van der Waals surface area (Å²) in [7, 11) is 0. The van der Waals surface area contributed by atoms with Gasteiger partial charge < -0.3 is 14.2 Å². The summed E-state index contributed by atoms with van der Waals surface area (Å²) in [5.41, 5.74) is -0.957. The molecular formula is C17H33FO3. The Kier molecular flexibility index (Phi) is 5.51.